The monoisotopic (exact) mass is 784 g/mol. The van der Waals surface area contributed by atoms with E-state index in [1.54, 1.807) is 31.5 Å². The molecule has 2 aromatic heterocycles. The molecule has 298 valence electrons. The molecule has 56 heavy (non-hydrogen) atoms. The highest BCUT2D eigenvalue weighted by Gasteiger charge is 2.53. The number of hydrogen-bond acceptors (Lipinski definition) is 5. The molecule has 11 heteroatoms. The first-order chi connectivity index (χ1) is 26.2. The molecular weight excluding hydrogens is 728 g/mol. The summed E-state index contributed by atoms with van der Waals surface area (Å²) in [6.45, 7) is 21.1. The van der Waals surface area contributed by atoms with Gasteiger partial charge in [-0.05, 0) is 91.1 Å². The Bertz CT molecular complexity index is 2080. The van der Waals surface area contributed by atoms with Crippen molar-refractivity contribution in [2.45, 2.75) is 111 Å². The Morgan fingerprint density at radius 3 is 1.91 bits per heavy atom. The van der Waals surface area contributed by atoms with Crippen LogP contribution in [0.4, 0.5) is 13.2 Å². The fourth-order valence-corrected chi connectivity index (χ4v) is 12.8. The van der Waals surface area contributed by atoms with Crippen molar-refractivity contribution >= 4 is 42.2 Å². The van der Waals surface area contributed by atoms with Gasteiger partial charge in [-0.25, -0.2) is 13.2 Å². The summed E-state index contributed by atoms with van der Waals surface area (Å²) in [4.78, 5) is 4.65. The minimum Gasteiger partial charge on any atom is -0.407 e. The molecular formula is C45H56BF3N2O4Si. The van der Waals surface area contributed by atoms with Crippen LogP contribution in [0, 0.1) is 5.41 Å². The Kier molecular flexibility index (Phi) is 11.6. The van der Waals surface area contributed by atoms with E-state index in [1.807, 2.05) is 58.9 Å². The molecule has 2 atom stereocenters. The topological polar surface area (TPSA) is 54.7 Å². The van der Waals surface area contributed by atoms with E-state index in [2.05, 4.69) is 88.1 Å². The van der Waals surface area contributed by atoms with E-state index in [9.17, 15) is 8.78 Å². The first-order valence-electron chi connectivity index (χ1n) is 19.4. The Morgan fingerprint density at radius 1 is 0.821 bits per heavy atom. The van der Waals surface area contributed by atoms with Crippen LogP contribution in [-0.4, -0.2) is 56.3 Å². The maximum Gasteiger partial charge on any atom is 0.494 e. The second-order valence-electron chi connectivity index (χ2n) is 17.9. The minimum absolute atomic E-state index is 0.260. The normalized spacial score (nSPS) is 17.2. The van der Waals surface area contributed by atoms with Crippen molar-refractivity contribution in [1.29, 1.82) is 0 Å². The second kappa shape index (κ2) is 15.5. The molecule has 3 heterocycles. The Balaban J connectivity index is 1.56. The molecule has 1 aliphatic rings. The third-order valence-electron chi connectivity index (χ3n) is 11.7. The van der Waals surface area contributed by atoms with Gasteiger partial charge < -0.3 is 23.0 Å². The Labute approximate surface area is 332 Å². The summed E-state index contributed by atoms with van der Waals surface area (Å²) < 4.78 is 72.9. The van der Waals surface area contributed by atoms with Crippen LogP contribution in [0.5, 0.6) is 0 Å². The van der Waals surface area contributed by atoms with Gasteiger partial charge in [-0.2, -0.15) is 0 Å². The van der Waals surface area contributed by atoms with Gasteiger partial charge >= 0.3 is 7.12 Å². The SMILES string of the molecule is COC(C)c1ncccc1-c1c(CC(C)(C)CO[Si](c2ccccc2)(c2ccccc2)C(C)(C)C)c2cc(B3OC(C)(C)C(C)(C)O3)ccc2n1C(F)C(F)F. The second-order valence-corrected chi connectivity index (χ2v) is 22.2. The zero-order valence-electron chi connectivity index (χ0n) is 34.6. The van der Waals surface area contributed by atoms with E-state index in [1.165, 1.54) is 0 Å². The standard InChI is InChI=1S/C45H56BF3N2O4Si/c1-30(52-11)38-34(23-18-26-50-38)39-36(35-27-31(46-54-44(7,8)45(9,10)55-46)24-25-37(35)51(39)41(49)40(47)48)28-43(5,6)29-53-56(42(2,3)4,32-19-14-12-15-20-32)33-21-16-13-17-22-33/h12-27,30,40-41H,28-29H2,1-11H3. The number of methoxy groups -OCH3 is 1. The van der Waals surface area contributed by atoms with E-state index in [0.29, 0.717) is 51.9 Å². The number of nitrogens with zero attached hydrogens (tertiary/aromatic N) is 2. The van der Waals surface area contributed by atoms with Crippen molar-refractivity contribution in [1.82, 2.24) is 9.55 Å². The largest absolute Gasteiger partial charge is 0.494 e. The van der Waals surface area contributed by atoms with Crippen molar-refractivity contribution in [2.24, 2.45) is 5.41 Å². The van der Waals surface area contributed by atoms with Crippen molar-refractivity contribution in [3.63, 3.8) is 0 Å². The molecule has 2 unspecified atom stereocenters. The van der Waals surface area contributed by atoms with Crippen molar-refractivity contribution in [2.75, 3.05) is 13.7 Å². The number of pyridine rings is 1. The van der Waals surface area contributed by atoms with Gasteiger partial charge in [0.25, 0.3) is 14.7 Å². The Hall–Kier alpha value is -3.74. The van der Waals surface area contributed by atoms with Crippen molar-refractivity contribution in [3.8, 4) is 11.3 Å². The maximum atomic E-state index is 16.3. The maximum absolute atomic E-state index is 16.3. The molecule has 1 saturated heterocycles. The first-order valence-corrected chi connectivity index (χ1v) is 21.3. The zero-order chi connectivity index (χ0) is 40.8. The molecule has 3 aromatic carbocycles. The van der Waals surface area contributed by atoms with Crippen LogP contribution in [0.1, 0.15) is 92.9 Å². The zero-order valence-corrected chi connectivity index (χ0v) is 35.6. The van der Waals surface area contributed by atoms with Gasteiger partial charge in [-0.15, -0.1) is 0 Å². The highest BCUT2D eigenvalue weighted by atomic mass is 28.4. The first kappa shape index (κ1) is 41.9. The predicted octanol–water partition coefficient (Wildman–Crippen LogP) is 9.59. The van der Waals surface area contributed by atoms with Gasteiger partial charge in [0, 0.05) is 30.9 Å². The molecule has 0 amide bonds. The van der Waals surface area contributed by atoms with Crippen molar-refractivity contribution in [3.05, 3.63) is 108 Å². The fraction of sp³-hybridized carbons (Fsp3) is 0.444. The summed E-state index contributed by atoms with van der Waals surface area (Å²) in [5.41, 5.74) is 1.36. The van der Waals surface area contributed by atoms with Crippen LogP contribution in [0.2, 0.25) is 5.04 Å². The van der Waals surface area contributed by atoms with Crippen LogP contribution in [0.25, 0.3) is 22.2 Å². The summed E-state index contributed by atoms with van der Waals surface area (Å²) in [5.74, 6) is 0. The smallest absolute Gasteiger partial charge is 0.407 e. The van der Waals surface area contributed by atoms with Crippen LogP contribution in [0.15, 0.2) is 97.2 Å². The van der Waals surface area contributed by atoms with Gasteiger partial charge in [0.15, 0.2) is 0 Å². The molecule has 0 bridgehead atoms. The lowest BCUT2D eigenvalue weighted by Crippen LogP contribution is -2.67. The molecule has 0 radical (unpaired) electrons. The molecule has 0 aliphatic carbocycles. The number of alkyl halides is 3. The lowest BCUT2D eigenvalue weighted by molar-refractivity contribution is 0.00578. The van der Waals surface area contributed by atoms with Gasteiger partial charge in [0.2, 0.25) is 6.30 Å². The van der Waals surface area contributed by atoms with E-state index < -0.39 is 50.9 Å². The van der Waals surface area contributed by atoms with Crippen molar-refractivity contribution < 1.29 is 31.6 Å². The fourth-order valence-electron chi connectivity index (χ4n) is 8.01. The molecule has 1 aliphatic heterocycles. The quantitative estimate of drug-likeness (QED) is 0.111. The van der Waals surface area contributed by atoms with Gasteiger partial charge in [-0.1, -0.05) is 107 Å². The summed E-state index contributed by atoms with van der Waals surface area (Å²) in [7, 11) is -2.09. The minimum atomic E-state index is -3.29. The number of halogens is 3. The van der Waals surface area contributed by atoms with E-state index in [4.69, 9.17) is 18.5 Å². The molecule has 0 N–H and O–H groups in total. The van der Waals surface area contributed by atoms with Crippen LogP contribution in [-0.2, 0) is 24.9 Å². The van der Waals surface area contributed by atoms with Gasteiger partial charge in [-0.3, -0.25) is 4.98 Å². The molecule has 5 aromatic rings. The van der Waals surface area contributed by atoms with Crippen LogP contribution < -0.4 is 15.8 Å². The lowest BCUT2D eigenvalue weighted by atomic mass is 9.77. The highest BCUT2D eigenvalue weighted by Crippen LogP contribution is 2.45. The summed E-state index contributed by atoms with van der Waals surface area (Å²) in [5, 5.41) is 2.69. The number of fused-ring (bicyclic) bond motifs is 1. The number of rotatable bonds is 13. The summed E-state index contributed by atoms with van der Waals surface area (Å²) >= 11 is 0. The lowest BCUT2D eigenvalue weighted by Gasteiger charge is -2.44. The molecule has 6 rings (SSSR count). The third kappa shape index (κ3) is 7.65. The number of ether oxygens (including phenoxy) is 1. The molecule has 0 saturated carbocycles. The molecule has 0 spiro atoms. The van der Waals surface area contributed by atoms with Crippen LogP contribution >= 0.6 is 0 Å². The summed E-state index contributed by atoms with van der Waals surface area (Å²) in [6, 6.07) is 29.9. The number of hydrogen-bond donors (Lipinski definition) is 0. The third-order valence-corrected chi connectivity index (χ3v) is 16.7. The molecule has 1 fully saturated rings. The van der Waals surface area contributed by atoms with E-state index in [-0.39, 0.29) is 5.04 Å². The van der Waals surface area contributed by atoms with Crippen LogP contribution in [0.3, 0.4) is 0 Å². The Morgan fingerprint density at radius 2 is 1.39 bits per heavy atom. The number of benzene rings is 3. The van der Waals surface area contributed by atoms with Gasteiger partial charge in [0.1, 0.15) is 0 Å². The molecule has 6 nitrogen and oxygen atoms in total. The van der Waals surface area contributed by atoms with E-state index >= 15 is 4.39 Å². The van der Waals surface area contributed by atoms with E-state index in [0.717, 1.165) is 14.9 Å². The predicted molar refractivity (Wildman–Crippen MR) is 224 cm³/mol. The van der Waals surface area contributed by atoms with Gasteiger partial charge in [0.05, 0.1) is 34.2 Å². The highest BCUT2D eigenvalue weighted by molar-refractivity contribution is 6.99. The summed E-state index contributed by atoms with van der Waals surface area (Å²) in [6.07, 6.45) is -4.42. The average molecular weight is 785 g/mol. The number of aromatic nitrogens is 2. The average Bonchev–Trinajstić information content (AvgIpc) is 3.58.